The fourth-order valence-corrected chi connectivity index (χ4v) is 2.80. The molecule has 0 radical (unpaired) electrons. The Bertz CT molecular complexity index is 626. The largest absolute Gasteiger partial charge is 0.480 e. The number of ketones is 1. The minimum Gasteiger partial charge on any atom is -0.480 e. The number of hydrogen-bond donors (Lipinski definition) is 1. The first-order valence-corrected chi connectivity index (χ1v) is 7.34. The third-order valence-electron chi connectivity index (χ3n) is 2.91. The standard InChI is InChI=1S/C16H15NO3S/c1-11(18)14-8-7-13(10-17-14)21-15(16(19)20)9-12-5-3-2-4-6-12/h2-8,10,15H,9H2,1H3,(H,19,20). The van der Waals surface area contributed by atoms with Crippen LogP contribution in [0.4, 0.5) is 0 Å². The van der Waals surface area contributed by atoms with Gasteiger partial charge in [0.1, 0.15) is 10.9 Å². The predicted molar refractivity (Wildman–Crippen MR) is 81.7 cm³/mol. The molecule has 0 spiro atoms. The van der Waals surface area contributed by atoms with Gasteiger partial charge in [0.05, 0.1) is 0 Å². The van der Waals surface area contributed by atoms with Crippen LogP contribution in [0.5, 0.6) is 0 Å². The van der Waals surface area contributed by atoms with Crippen LogP contribution >= 0.6 is 11.8 Å². The highest BCUT2D eigenvalue weighted by Crippen LogP contribution is 2.25. The lowest BCUT2D eigenvalue weighted by molar-refractivity contribution is -0.136. The third kappa shape index (κ3) is 4.43. The van der Waals surface area contributed by atoms with Crippen LogP contribution in [0.3, 0.4) is 0 Å². The van der Waals surface area contributed by atoms with Gasteiger partial charge in [0.15, 0.2) is 5.78 Å². The van der Waals surface area contributed by atoms with E-state index in [1.807, 2.05) is 30.3 Å². The van der Waals surface area contributed by atoms with Gasteiger partial charge in [-0.25, -0.2) is 0 Å². The summed E-state index contributed by atoms with van der Waals surface area (Å²) in [7, 11) is 0. The van der Waals surface area contributed by atoms with E-state index in [-0.39, 0.29) is 5.78 Å². The second-order valence-corrected chi connectivity index (χ2v) is 5.85. The zero-order valence-electron chi connectivity index (χ0n) is 11.5. The van der Waals surface area contributed by atoms with E-state index in [9.17, 15) is 14.7 Å². The Morgan fingerprint density at radius 3 is 2.43 bits per heavy atom. The highest BCUT2D eigenvalue weighted by Gasteiger charge is 2.19. The highest BCUT2D eigenvalue weighted by molar-refractivity contribution is 8.00. The molecule has 1 aromatic heterocycles. The first kappa shape index (κ1) is 15.3. The molecule has 2 rings (SSSR count). The number of carboxylic acids is 1. The van der Waals surface area contributed by atoms with E-state index in [4.69, 9.17) is 0 Å². The Morgan fingerprint density at radius 1 is 1.19 bits per heavy atom. The quantitative estimate of drug-likeness (QED) is 0.656. The lowest BCUT2D eigenvalue weighted by atomic mass is 10.1. The van der Waals surface area contributed by atoms with Crippen LogP contribution in [0.25, 0.3) is 0 Å². The molecule has 0 saturated heterocycles. The van der Waals surface area contributed by atoms with Crippen molar-refractivity contribution in [2.45, 2.75) is 23.5 Å². The second kappa shape index (κ2) is 7.04. The summed E-state index contributed by atoms with van der Waals surface area (Å²) in [4.78, 5) is 27.3. The monoisotopic (exact) mass is 301 g/mol. The molecule has 0 amide bonds. The molecule has 2 aromatic rings. The molecule has 0 bridgehead atoms. The molecule has 5 heteroatoms. The van der Waals surface area contributed by atoms with Gasteiger partial charge < -0.3 is 5.11 Å². The molecule has 0 aliphatic heterocycles. The van der Waals surface area contributed by atoms with Gasteiger partial charge in [-0.1, -0.05) is 30.3 Å². The van der Waals surface area contributed by atoms with E-state index in [1.165, 1.54) is 18.7 Å². The number of thioether (sulfide) groups is 1. The summed E-state index contributed by atoms with van der Waals surface area (Å²) < 4.78 is 0. The van der Waals surface area contributed by atoms with Crippen LogP contribution in [-0.4, -0.2) is 27.1 Å². The Kier molecular flexibility index (Phi) is 5.11. The Morgan fingerprint density at radius 2 is 1.90 bits per heavy atom. The molecular weight excluding hydrogens is 286 g/mol. The topological polar surface area (TPSA) is 67.3 Å². The first-order valence-electron chi connectivity index (χ1n) is 6.46. The number of aromatic nitrogens is 1. The summed E-state index contributed by atoms with van der Waals surface area (Å²) in [6.07, 6.45) is 1.98. The van der Waals surface area contributed by atoms with Crippen molar-refractivity contribution >= 4 is 23.5 Å². The number of pyridine rings is 1. The van der Waals surface area contributed by atoms with E-state index < -0.39 is 11.2 Å². The number of carboxylic acid groups (broad SMARTS) is 1. The predicted octanol–water partition coefficient (Wildman–Crippen LogP) is 3.07. The molecule has 1 heterocycles. The number of aliphatic carboxylic acids is 1. The summed E-state index contributed by atoms with van der Waals surface area (Å²) >= 11 is 1.24. The van der Waals surface area contributed by atoms with Crippen LogP contribution in [0, 0.1) is 0 Å². The number of Topliss-reactive ketones (excluding diaryl/α,β-unsaturated/α-hetero) is 1. The normalized spacial score (nSPS) is 11.9. The van der Waals surface area contributed by atoms with Crippen LogP contribution < -0.4 is 0 Å². The Hall–Kier alpha value is -2.14. The van der Waals surface area contributed by atoms with Crippen LogP contribution in [0.2, 0.25) is 0 Å². The van der Waals surface area contributed by atoms with E-state index in [0.29, 0.717) is 12.1 Å². The van der Waals surface area contributed by atoms with E-state index >= 15 is 0 Å². The van der Waals surface area contributed by atoms with Crippen molar-refractivity contribution in [3.63, 3.8) is 0 Å². The summed E-state index contributed by atoms with van der Waals surface area (Å²) in [5.41, 5.74) is 1.36. The van der Waals surface area contributed by atoms with Crippen LogP contribution in [0.1, 0.15) is 23.0 Å². The average molecular weight is 301 g/mol. The van der Waals surface area contributed by atoms with Crippen molar-refractivity contribution in [1.82, 2.24) is 4.98 Å². The lowest BCUT2D eigenvalue weighted by Crippen LogP contribution is -2.19. The van der Waals surface area contributed by atoms with Crippen molar-refractivity contribution < 1.29 is 14.7 Å². The molecule has 21 heavy (non-hydrogen) atoms. The lowest BCUT2D eigenvalue weighted by Gasteiger charge is -2.12. The zero-order chi connectivity index (χ0) is 15.2. The molecule has 1 atom stereocenters. The van der Waals surface area contributed by atoms with Crippen molar-refractivity contribution in [3.05, 3.63) is 59.9 Å². The number of carbonyl (C=O) groups is 2. The van der Waals surface area contributed by atoms with Gasteiger partial charge in [0.25, 0.3) is 0 Å². The summed E-state index contributed by atoms with van der Waals surface area (Å²) in [5.74, 6) is -0.967. The fourth-order valence-electron chi connectivity index (χ4n) is 1.83. The van der Waals surface area contributed by atoms with Crippen molar-refractivity contribution in [2.24, 2.45) is 0 Å². The summed E-state index contributed by atoms with van der Waals surface area (Å²) in [6.45, 7) is 1.45. The second-order valence-electron chi connectivity index (χ2n) is 4.57. The number of nitrogens with zero attached hydrogens (tertiary/aromatic N) is 1. The van der Waals surface area contributed by atoms with Gasteiger partial charge >= 0.3 is 5.97 Å². The van der Waals surface area contributed by atoms with Crippen molar-refractivity contribution in [2.75, 3.05) is 0 Å². The third-order valence-corrected chi connectivity index (χ3v) is 4.08. The van der Waals surface area contributed by atoms with Gasteiger partial charge in [-0.15, -0.1) is 11.8 Å². The van der Waals surface area contributed by atoms with Crippen molar-refractivity contribution in [3.8, 4) is 0 Å². The van der Waals surface area contributed by atoms with Crippen LogP contribution in [0.15, 0.2) is 53.6 Å². The molecule has 108 valence electrons. The number of rotatable bonds is 6. The van der Waals surface area contributed by atoms with Gasteiger partial charge in [0, 0.05) is 18.0 Å². The molecule has 0 aliphatic rings. The average Bonchev–Trinajstić information content (AvgIpc) is 2.48. The van der Waals surface area contributed by atoms with Gasteiger partial charge in [-0.2, -0.15) is 0 Å². The molecular formula is C16H15NO3S. The number of carbonyl (C=O) groups excluding carboxylic acids is 1. The zero-order valence-corrected chi connectivity index (χ0v) is 12.3. The van der Waals surface area contributed by atoms with Crippen LogP contribution in [-0.2, 0) is 11.2 Å². The smallest absolute Gasteiger partial charge is 0.317 e. The SMILES string of the molecule is CC(=O)c1ccc(SC(Cc2ccccc2)C(=O)O)cn1. The maximum Gasteiger partial charge on any atom is 0.317 e. The van der Waals surface area contributed by atoms with E-state index in [2.05, 4.69) is 4.98 Å². The molecule has 0 saturated carbocycles. The fraction of sp³-hybridized carbons (Fsp3) is 0.188. The maximum absolute atomic E-state index is 11.4. The first-order chi connectivity index (χ1) is 10.1. The maximum atomic E-state index is 11.4. The number of benzene rings is 1. The molecule has 1 unspecified atom stereocenters. The summed E-state index contributed by atoms with van der Waals surface area (Å²) in [5, 5.41) is 8.76. The van der Waals surface area contributed by atoms with Crippen molar-refractivity contribution in [1.29, 1.82) is 0 Å². The molecule has 1 aromatic carbocycles. The molecule has 4 nitrogen and oxygen atoms in total. The minimum atomic E-state index is -0.862. The Labute approximate surface area is 127 Å². The van der Waals surface area contributed by atoms with Gasteiger partial charge in [-0.05, 0) is 24.1 Å². The number of hydrogen-bond acceptors (Lipinski definition) is 4. The highest BCUT2D eigenvalue weighted by atomic mass is 32.2. The molecule has 1 N–H and O–H groups in total. The Balaban J connectivity index is 2.09. The van der Waals surface area contributed by atoms with Gasteiger partial charge in [0.2, 0.25) is 0 Å². The molecule has 0 fully saturated rings. The minimum absolute atomic E-state index is 0.106. The molecule has 0 aliphatic carbocycles. The van der Waals surface area contributed by atoms with Gasteiger partial charge in [-0.3, -0.25) is 14.6 Å². The summed E-state index contributed by atoms with van der Waals surface area (Å²) in [6, 6.07) is 12.9. The van der Waals surface area contributed by atoms with E-state index in [1.54, 1.807) is 18.3 Å². The van der Waals surface area contributed by atoms with E-state index in [0.717, 1.165) is 10.5 Å².